The van der Waals surface area contributed by atoms with Gasteiger partial charge in [-0.1, -0.05) is 12.1 Å². The molecule has 0 saturated carbocycles. The summed E-state index contributed by atoms with van der Waals surface area (Å²) in [4.78, 5) is 38.6. The molecule has 1 aromatic heterocycles. The molecule has 7 nitrogen and oxygen atoms in total. The second-order valence-electron chi connectivity index (χ2n) is 5.84. The third-order valence-electron chi connectivity index (χ3n) is 4.15. The van der Waals surface area contributed by atoms with Crippen LogP contribution < -0.4 is 0 Å². The Morgan fingerprint density at radius 2 is 1.63 bits per heavy atom. The molecule has 0 N–H and O–H groups in total. The Balaban J connectivity index is 1.88. The minimum Gasteiger partial charge on any atom is -0.465 e. The van der Waals surface area contributed by atoms with Crippen LogP contribution in [0.25, 0.3) is 17.4 Å². The highest BCUT2D eigenvalue weighted by Gasteiger charge is 2.35. The van der Waals surface area contributed by atoms with Crippen molar-refractivity contribution < 1.29 is 23.5 Å². The van der Waals surface area contributed by atoms with Crippen LogP contribution in [0.5, 0.6) is 0 Å². The number of rotatable bonds is 3. The van der Waals surface area contributed by atoms with Crippen molar-refractivity contribution in [2.75, 3.05) is 21.2 Å². The number of nitrogens with zero attached hydrogens (tertiary/aromatic N) is 2. The van der Waals surface area contributed by atoms with E-state index in [2.05, 4.69) is 4.74 Å². The van der Waals surface area contributed by atoms with Gasteiger partial charge in [-0.15, -0.1) is 0 Å². The van der Waals surface area contributed by atoms with Crippen molar-refractivity contribution in [1.82, 2.24) is 9.80 Å². The zero-order valence-electron chi connectivity index (χ0n) is 14.9. The molecule has 1 aliphatic heterocycles. The van der Waals surface area contributed by atoms with Gasteiger partial charge in [0.25, 0.3) is 11.8 Å². The Bertz CT molecular complexity index is 948. The summed E-state index contributed by atoms with van der Waals surface area (Å²) < 4.78 is 10.4. The van der Waals surface area contributed by atoms with E-state index in [1.807, 2.05) is 0 Å². The van der Waals surface area contributed by atoms with Crippen LogP contribution in [0.15, 0.2) is 46.4 Å². The molecule has 0 bridgehead atoms. The highest BCUT2D eigenvalue weighted by Crippen LogP contribution is 2.25. The Morgan fingerprint density at radius 1 is 1.04 bits per heavy atom. The zero-order valence-corrected chi connectivity index (χ0v) is 15.7. The molecule has 27 heavy (non-hydrogen) atoms. The first-order valence-corrected chi connectivity index (χ1v) is 8.34. The lowest BCUT2D eigenvalue weighted by Crippen LogP contribution is -2.52. The minimum absolute atomic E-state index is 0.0319. The topological polar surface area (TPSA) is 80.1 Å². The van der Waals surface area contributed by atoms with Crippen LogP contribution in [0.4, 0.5) is 0 Å². The number of ether oxygens (including phenoxy) is 1. The molecule has 1 saturated heterocycles. The molecule has 138 valence electrons. The Labute approximate surface area is 160 Å². The second-order valence-corrected chi connectivity index (χ2v) is 6.21. The summed E-state index contributed by atoms with van der Waals surface area (Å²) in [7, 11) is 4.34. The molecule has 1 aromatic carbocycles. The van der Waals surface area contributed by atoms with Crippen LogP contribution in [-0.4, -0.2) is 53.9 Å². The number of amides is 2. The van der Waals surface area contributed by atoms with Gasteiger partial charge in [-0.25, -0.2) is 4.79 Å². The van der Waals surface area contributed by atoms with Gasteiger partial charge in [-0.3, -0.25) is 19.4 Å². The highest BCUT2D eigenvalue weighted by atomic mass is 32.1. The summed E-state index contributed by atoms with van der Waals surface area (Å²) in [6.45, 7) is 0. The predicted octanol–water partition coefficient (Wildman–Crippen LogP) is 2.33. The van der Waals surface area contributed by atoms with Crippen molar-refractivity contribution in [2.45, 2.75) is 0 Å². The zero-order chi connectivity index (χ0) is 19.7. The maximum absolute atomic E-state index is 12.3. The molecular formula is C19H16N2O5S. The summed E-state index contributed by atoms with van der Waals surface area (Å²) >= 11 is 5.05. The smallest absolute Gasteiger partial charge is 0.337 e. The number of carbonyl (C=O) groups excluding carboxylic acids is 3. The fourth-order valence-electron chi connectivity index (χ4n) is 2.59. The van der Waals surface area contributed by atoms with E-state index in [0.717, 1.165) is 5.56 Å². The Hall–Kier alpha value is -3.26. The first-order valence-electron chi connectivity index (χ1n) is 7.94. The van der Waals surface area contributed by atoms with Gasteiger partial charge in [-0.05, 0) is 42.6 Å². The number of carbonyl (C=O) groups is 3. The molecule has 0 radical (unpaired) electrons. The SMILES string of the molecule is COC(=O)c1ccc(-c2ccc(C=C3C(=O)N(C)C(=S)N(C)C3=O)o2)cc1. The number of esters is 1. The summed E-state index contributed by atoms with van der Waals surface area (Å²) in [6.07, 6.45) is 1.39. The first kappa shape index (κ1) is 18.5. The molecule has 8 heteroatoms. The lowest BCUT2D eigenvalue weighted by Gasteiger charge is -2.31. The average Bonchev–Trinajstić information content (AvgIpc) is 3.16. The largest absolute Gasteiger partial charge is 0.465 e. The summed E-state index contributed by atoms with van der Waals surface area (Å²) in [5.74, 6) is -0.501. The number of likely N-dealkylation sites (N-methyl/N-ethyl adjacent to an activating group) is 2. The van der Waals surface area contributed by atoms with E-state index in [4.69, 9.17) is 16.6 Å². The summed E-state index contributed by atoms with van der Waals surface area (Å²) in [5, 5.41) is 0.146. The van der Waals surface area contributed by atoms with Crippen molar-refractivity contribution in [3.8, 4) is 11.3 Å². The fourth-order valence-corrected chi connectivity index (χ4v) is 2.76. The summed E-state index contributed by atoms with van der Waals surface area (Å²) in [6, 6.07) is 10.1. The third-order valence-corrected chi connectivity index (χ3v) is 4.70. The first-order chi connectivity index (χ1) is 12.8. The number of furan rings is 1. The van der Waals surface area contributed by atoms with Crippen LogP contribution in [0.2, 0.25) is 0 Å². The molecule has 3 rings (SSSR count). The van der Waals surface area contributed by atoms with Gasteiger partial charge < -0.3 is 9.15 Å². The van der Waals surface area contributed by atoms with E-state index in [0.29, 0.717) is 17.1 Å². The molecule has 2 heterocycles. The van der Waals surface area contributed by atoms with Gasteiger partial charge in [0.1, 0.15) is 17.1 Å². The van der Waals surface area contributed by atoms with E-state index in [9.17, 15) is 14.4 Å². The van der Waals surface area contributed by atoms with Crippen LogP contribution in [0.1, 0.15) is 16.1 Å². The van der Waals surface area contributed by atoms with Gasteiger partial charge in [0.2, 0.25) is 0 Å². The predicted molar refractivity (Wildman–Crippen MR) is 102 cm³/mol. The maximum atomic E-state index is 12.3. The van der Waals surface area contributed by atoms with Crippen molar-refractivity contribution in [3.63, 3.8) is 0 Å². The maximum Gasteiger partial charge on any atom is 0.337 e. The van der Waals surface area contributed by atoms with E-state index in [1.165, 1.54) is 37.1 Å². The van der Waals surface area contributed by atoms with Crippen molar-refractivity contribution in [1.29, 1.82) is 0 Å². The standard InChI is InChI=1S/C19H16N2O5S/c1-20-16(22)14(17(23)21(2)19(20)27)10-13-8-9-15(26-13)11-4-6-12(7-5-11)18(24)25-3/h4-10H,1-3H3. The number of hydrogen-bond acceptors (Lipinski definition) is 6. The van der Waals surface area contributed by atoms with Crippen LogP contribution in [0, 0.1) is 0 Å². The Kier molecular flexibility index (Phi) is 4.91. The van der Waals surface area contributed by atoms with Gasteiger partial charge in [-0.2, -0.15) is 0 Å². The average molecular weight is 384 g/mol. The normalized spacial score (nSPS) is 14.6. The molecule has 0 atom stereocenters. The Morgan fingerprint density at radius 3 is 2.19 bits per heavy atom. The second kappa shape index (κ2) is 7.16. The monoisotopic (exact) mass is 384 g/mol. The molecule has 0 aliphatic carbocycles. The lowest BCUT2D eigenvalue weighted by atomic mass is 10.1. The third kappa shape index (κ3) is 3.39. The minimum atomic E-state index is -0.483. The molecule has 1 aliphatic rings. The molecule has 2 aromatic rings. The van der Waals surface area contributed by atoms with E-state index in [-0.39, 0.29) is 10.7 Å². The van der Waals surface area contributed by atoms with Crippen molar-refractivity contribution in [3.05, 3.63) is 53.3 Å². The van der Waals surface area contributed by atoms with E-state index in [1.54, 1.807) is 36.4 Å². The van der Waals surface area contributed by atoms with Gasteiger partial charge in [0.15, 0.2) is 5.11 Å². The van der Waals surface area contributed by atoms with Crippen LogP contribution in [-0.2, 0) is 14.3 Å². The van der Waals surface area contributed by atoms with Gasteiger partial charge >= 0.3 is 5.97 Å². The molecule has 0 spiro atoms. The van der Waals surface area contributed by atoms with E-state index >= 15 is 0 Å². The quantitative estimate of drug-likeness (QED) is 0.350. The highest BCUT2D eigenvalue weighted by molar-refractivity contribution is 7.80. The molecule has 0 unspecified atom stereocenters. The van der Waals surface area contributed by atoms with Crippen molar-refractivity contribution >= 4 is 41.2 Å². The van der Waals surface area contributed by atoms with Crippen molar-refractivity contribution in [2.24, 2.45) is 0 Å². The molecule has 1 fully saturated rings. The molecule has 2 amide bonds. The lowest BCUT2D eigenvalue weighted by molar-refractivity contribution is -0.132. The number of hydrogen-bond donors (Lipinski definition) is 0. The number of thiocarbonyl (C=S) groups is 1. The van der Waals surface area contributed by atoms with Crippen LogP contribution in [0.3, 0.4) is 0 Å². The van der Waals surface area contributed by atoms with Gasteiger partial charge in [0, 0.05) is 19.7 Å². The number of methoxy groups -OCH3 is 1. The number of benzene rings is 1. The summed E-state index contributed by atoms with van der Waals surface area (Å²) in [5.41, 5.74) is 1.13. The fraction of sp³-hybridized carbons (Fsp3) is 0.158. The van der Waals surface area contributed by atoms with Gasteiger partial charge in [0.05, 0.1) is 12.7 Å². The molecular weight excluding hydrogens is 368 g/mol. The van der Waals surface area contributed by atoms with Crippen LogP contribution >= 0.6 is 12.2 Å². The van der Waals surface area contributed by atoms with E-state index < -0.39 is 17.8 Å².